The summed E-state index contributed by atoms with van der Waals surface area (Å²) in [6.45, 7) is 7.79. The van der Waals surface area contributed by atoms with Crippen LogP contribution in [0, 0.1) is 11.8 Å². The molecule has 7 rings (SSSR count). The molecule has 19 heteroatoms. The van der Waals surface area contributed by atoms with E-state index in [-0.39, 0.29) is 31.2 Å². The fourth-order valence-electron chi connectivity index (χ4n) is 7.12. The number of halogens is 3. The largest absolute Gasteiger partial charge is 0.490 e. The first-order valence-electron chi connectivity index (χ1n) is 18.8. The summed E-state index contributed by atoms with van der Waals surface area (Å²) in [4.78, 5) is 61.9. The maximum absolute atomic E-state index is 14.5. The maximum atomic E-state index is 14.5. The molecule has 3 aromatic rings. The second kappa shape index (κ2) is 16.6. The number of anilines is 1. The quantitative estimate of drug-likeness (QED) is 0.240. The SMILES string of the molecule is C=C[C@@H]1C[C@]1(NC(=O)[C@@H]1C[C@@H]2CN1C(=O)[C@H](C(C)C)Nc1nc(cs1)CCCCCc1ccc3ccnc(c3c1)O2)C(=O)NS(=O)(=O)C1CC1.O=C(O)C(F)(F)F. The van der Waals surface area contributed by atoms with Crippen molar-refractivity contribution in [1.29, 1.82) is 0 Å². The second-order valence-corrected chi connectivity index (χ2v) is 18.0. The normalized spacial score (nSPS) is 25.2. The van der Waals surface area contributed by atoms with Crippen molar-refractivity contribution in [1.82, 2.24) is 24.9 Å². The van der Waals surface area contributed by atoms with Crippen molar-refractivity contribution in [3.8, 4) is 5.88 Å². The Balaban J connectivity index is 0.000000719. The van der Waals surface area contributed by atoms with Crippen molar-refractivity contribution in [2.75, 3.05) is 11.9 Å². The molecule has 0 radical (unpaired) electrons. The second-order valence-electron chi connectivity index (χ2n) is 15.2. The van der Waals surface area contributed by atoms with Crippen LogP contribution in [0.4, 0.5) is 18.3 Å². The number of hydrogen-bond donors (Lipinski definition) is 4. The van der Waals surface area contributed by atoms with Crippen LogP contribution >= 0.6 is 11.3 Å². The number of ether oxygens (including phenoxy) is 1. The summed E-state index contributed by atoms with van der Waals surface area (Å²) in [7, 11) is -3.85. The van der Waals surface area contributed by atoms with E-state index >= 15 is 0 Å². The molecule has 2 aliphatic carbocycles. The van der Waals surface area contributed by atoms with Gasteiger partial charge in [-0.3, -0.25) is 19.1 Å². The zero-order valence-corrected chi connectivity index (χ0v) is 33.0. The highest BCUT2D eigenvalue weighted by Gasteiger charge is 2.62. The van der Waals surface area contributed by atoms with Gasteiger partial charge in [-0.1, -0.05) is 38.5 Å². The summed E-state index contributed by atoms with van der Waals surface area (Å²) in [5.74, 6) is -4.55. The van der Waals surface area contributed by atoms with Crippen molar-refractivity contribution >= 4 is 61.0 Å². The average Bonchev–Trinajstić information content (AvgIpc) is 4.04. The summed E-state index contributed by atoms with van der Waals surface area (Å²) in [5.41, 5.74) is 0.689. The first-order chi connectivity index (χ1) is 26.9. The summed E-state index contributed by atoms with van der Waals surface area (Å²) < 4.78 is 65.8. The molecule has 1 aromatic carbocycles. The van der Waals surface area contributed by atoms with Crippen molar-refractivity contribution in [2.24, 2.45) is 11.8 Å². The summed E-state index contributed by atoms with van der Waals surface area (Å²) in [6, 6.07) is 6.56. The van der Waals surface area contributed by atoms with Gasteiger partial charge in [0.25, 0.3) is 5.91 Å². The Kier molecular flexibility index (Phi) is 12.2. The Labute approximate surface area is 331 Å². The molecule has 4 N–H and O–H groups in total. The minimum Gasteiger partial charge on any atom is -0.475 e. The van der Waals surface area contributed by atoms with Gasteiger partial charge in [0.15, 0.2) is 5.13 Å². The van der Waals surface area contributed by atoms with Crippen LogP contribution in [-0.2, 0) is 42.0 Å². The predicted molar refractivity (Wildman–Crippen MR) is 205 cm³/mol. The molecule has 3 fully saturated rings. The number of pyridine rings is 1. The van der Waals surface area contributed by atoms with Crippen molar-refractivity contribution in [3.63, 3.8) is 0 Å². The van der Waals surface area contributed by atoms with Gasteiger partial charge < -0.3 is 25.4 Å². The first-order valence-corrected chi connectivity index (χ1v) is 21.2. The molecule has 308 valence electrons. The number of alkyl halides is 3. The van der Waals surface area contributed by atoms with Gasteiger partial charge in [-0.2, -0.15) is 13.2 Å². The van der Waals surface area contributed by atoms with E-state index in [2.05, 4.69) is 45.1 Å². The zero-order valence-electron chi connectivity index (χ0n) is 31.4. The van der Waals surface area contributed by atoms with Gasteiger partial charge in [0.1, 0.15) is 23.7 Å². The number of rotatable bonds is 7. The van der Waals surface area contributed by atoms with E-state index in [0.29, 0.717) is 23.9 Å². The van der Waals surface area contributed by atoms with Crippen molar-refractivity contribution < 1.29 is 50.6 Å². The monoisotopic (exact) mass is 834 g/mol. The summed E-state index contributed by atoms with van der Waals surface area (Å²) in [5, 5.41) is 17.2. The van der Waals surface area contributed by atoms with Gasteiger partial charge in [-0.15, -0.1) is 17.9 Å². The maximum Gasteiger partial charge on any atom is 0.490 e. The van der Waals surface area contributed by atoms with Gasteiger partial charge in [0.05, 0.1) is 17.5 Å². The van der Waals surface area contributed by atoms with Gasteiger partial charge in [0.2, 0.25) is 27.7 Å². The van der Waals surface area contributed by atoms with Gasteiger partial charge in [0, 0.05) is 29.3 Å². The molecule has 0 unspecified atom stereocenters. The van der Waals surface area contributed by atoms with Gasteiger partial charge in [-0.25, -0.2) is 23.2 Å². The van der Waals surface area contributed by atoms with Crippen molar-refractivity contribution in [3.05, 3.63) is 59.8 Å². The topological polar surface area (TPSA) is 197 Å². The molecular formula is C38H45F3N6O8S2. The number of aryl methyl sites for hydroxylation is 2. The van der Waals surface area contributed by atoms with Crippen LogP contribution in [-0.4, -0.2) is 93.8 Å². The first kappa shape index (κ1) is 41.8. The van der Waals surface area contributed by atoms with E-state index in [1.165, 1.54) is 21.8 Å². The molecule has 14 nitrogen and oxygen atoms in total. The van der Waals surface area contributed by atoms with E-state index in [4.69, 9.17) is 19.6 Å². The Hall–Kier alpha value is -4.78. The average molecular weight is 835 g/mol. The predicted octanol–water partition coefficient (Wildman–Crippen LogP) is 4.75. The molecule has 1 saturated heterocycles. The highest BCUT2D eigenvalue weighted by molar-refractivity contribution is 7.91. The molecule has 4 heterocycles. The number of carboxylic acid groups (broad SMARTS) is 1. The van der Waals surface area contributed by atoms with Crippen LogP contribution < -0.4 is 20.1 Å². The number of aliphatic carboxylic acids is 1. The van der Waals surface area contributed by atoms with E-state index in [9.17, 15) is 36.0 Å². The smallest absolute Gasteiger partial charge is 0.475 e. The van der Waals surface area contributed by atoms with Crippen LogP contribution in [0.15, 0.2) is 48.5 Å². The fourth-order valence-corrected chi connectivity index (χ4v) is 9.26. The molecule has 2 aromatic heterocycles. The molecular weight excluding hydrogens is 790 g/mol. The molecule has 5 atom stereocenters. The zero-order chi connectivity index (χ0) is 41.3. The third kappa shape index (κ3) is 9.68. The standard InChI is InChI=1S/C36H44N6O6S2.C2HF3O2/c1-4-24-18-36(24,34(45)41-50(46,47)27-12-13-27)40-31(43)29-17-26-19-42(29)33(44)30(21(2)3)39-35-38-25(20-49-35)9-7-5-6-8-22-10-11-23-14-15-37-32(48-26)28(23)16-22;3-2(4,5)1(6)7/h4,10-11,14-16,20-21,24,26-27,29-30H,1,5-9,12-13,17-19H2,2-3H3,(H,38,39)(H,40,43)(H,41,45);(H,6,7)/t24-,26-,29+,30+,36-;/m1./s1. The fraction of sp³-hybridized carbons (Fsp3) is 0.526. The minimum atomic E-state index is -5.08. The van der Waals surface area contributed by atoms with Crippen LogP contribution in [0.25, 0.3) is 10.8 Å². The number of aromatic nitrogens is 2. The minimum absolute atomic E-state index is 0.114. The van der Waals surface area contributed by atoms with Crippen LogP contribution in [0.3, 0.4) is 0 Å². The number of fused-ring (bicyclic) bond motifs is 5. The number of benzene rings is 1. The number of amides is 3. The van der Waals surface area contributed by atoms with E-state index in [1.807, 2.05) is 25.3 Å². The molecule has 57 heavy (non-hydrogen) atoms. The Bertz CT molecular complexity index is 2140. The van der Waals surface area contributed by atoms with Gasteiger partial charge in [-0.05, 0) is 73.9 Å². The molecule has 2 aliphatic heterocycles. The van der Waals surface area contributed by atoms with Crippen LogP contribution in [0.2, 0.25) is 0 Å². The lowest BCUT2D eigenvalue weighted by Gasteiger charge is -2.31. The molecule has 4 aliphatic rings. The number of sulfonamides is 1. The number of hydrogen-bond acceptors (Lipinski definition) is 11. The Morgan fingerprint density at radius 2 is 1.88 bits per heavy atom. The summed E-state index contributed by atoms with van der Waals surface area (Å²) >= 11 is 1.46. The molecule has 2 saturated carbocycles. The van der Waals surface area contributed by atoms with Crippen LogP contribution in [0.5, 0.6) is 5.88 Å². The lowest BCUT2D eigenvalue weighted by Crippen LogP contribution is -2.58. The third-order valence-corrected chi connectivity index (χ3v) is 13.2. The molecule has 3 amide bonds. The highest BCUT2D eigenvalue weighted by atomic mass is 32.2. The van der Waals surface area contributed by atoms with E-state index in [0.717, 1.165) is 48.6 Å². The highest BCUT2D eigenvalue weighted by Crippen LogP contribution is 2.45. The number of thiazole rings is 1. The lowest BCUT2D eigenvalue weighted by molar-refractivity contribution is -0.192. The molecule has 6 bridgehead atoms. The number of carbonyl (C=O) groups excluding carboxylic acids is 3. The van der Waals surface area contributed by atoms with Gasteiger partial charge >= 0.3 is 12.1 Å². The third-order valence-electron chi connectivity index (χ3n) is 10.6. The summed E-state index contributed by atoms with van der Waals surface area (Å²) in [6.07, 6.45) is 3.79. The number of carbonyl (C=O) groups is 4. The van der Waals surface area contributed by atoms with E-state index < -0.39 is 68.9 Å². The molecule has 0 spiro atoms. The number of nitrogens with zero attached hydrogens (tertiary/aromatic N) is 3. The van der Waals surface area contributed by atoms with Crippen molar-refractivity contribution in [2.45, 2.75) is 107 Å². The number of nitrogens with one attached hydrogen (secondary N) is 3. The number of carboxylic acids is 1. The Morgan fingerprint density at radius 1 is 1.16 bits per heavy atom. The van der Waals surface area contributed by atoms with Crippen LogP contribution in [0.1, 0.15) is 70.1 Å². The Morgan fingerprint density at radius 3 is 2.53 bits per heavy atom. The van der Waals surface area contributed by atoms with E-state index in [1.54, 1.807) is 12.3 Å². The lowest BCUT2D eigenvalue weighted by atomic mass is 10.0.